The molecule has 0 radical (unpaired) electrons. The molecule has 1 amide bonds. The summed E-state index contributed by atoms with van der Waals surface area (Å²) in [6.45, 7) is 4.74. The summed E-state index contributed by atoms with van der Waals surface area (Å²) in [5, 5.41) is 0. The molecule has 174 valence electrons. The summed E-state index contributed by atoms with van der Waals surface area (Å²) in [6.07, 6.45) is -1.32. The first-order chi connectivity index (χ1) is 14.8. The van der Waals surface area contributed by atoms with Crippen LogP contribution in [-0.2, 0) is 6.18 Å². The number of aryl methyl sites for hydroxylation is 1. The first-order valence-corrected chi connectivity index (χ1v) is 10.2. The minimum atomic E-state index is -4.51. The summed E-state index contributed by atoms with van der Waals surface area (Å²) < 4.78 is 49.2. The Hall–Kier alpha value is -2.62. The first-order valence-electron chi connectivity index (χ1n) is 10.2. The van der Waals surface area contributed by atoms with E-state index in [-0.39, 0.29) is 42.7 Å². The van der Waals surface area contributed by atoms with E-state index in [2.05, 4.69) is 15.0 Å². The molecular formula is C21H24ClF3N4O3. The van der Waals surface area contributed by atoms with Gasteiger partial charge >= 0.3 is 12.2 Å². The Bertz CT molecular complexity index is 958. The molecule has 2 aliphatic rings. The monoisotopic (exact) mass is 472 g/mol. The number of alkyl halides is 3. The number of carbonyl (C=O) groups excluding carboxylic acids is 1. The standard InChI is InChI=1S/C21H23F3N4O3.ClH/c1-3-30-17-5-4-12(2)27-18(17)19(29)28-10-14-6-13(14)7-16(28)11-31-20-25-8-15(9-26-20)21(22,23)24;/h4-5,8-9,13-14,16H,3,6-7,10-11H2,1-2H3;1H/t13?,14-,16-;/m0./s1. The lowest BCUT2D eigenvalue weighted by atomic mass is 10.0. The van der Waals surface area contributed by atoms with Crippen LogP contribution in [0.25, 0.3) is 0 Å². The van der Waals surface area contributed by atoms with Gasteiger partial charge in [0.25, 0.3) is 5.91 Å². The number of ether oxygens (including phenoxy) is 2. The lowest BCUT2D eigenvalue weighted by Crippen LogP contribution is -2.48. The summed E-state index contributed by atoms with van der Waals surface area (Å²) in [5.41, 5.74) is 0.0277. The van der Waals surface area contributed by atoms with Gasteiger partial charge in [0.05, 0.1) is 18.2 Å². The Morgan fingerprint density at radius 3 is 2.53 bits per heavy atom. The molecule has 0 bridgehead atoms. The summed E-state index contributed by atoms with van der Waals surface area (Å²) in [5.74, 6) is 1.19. The third-order valence-electron chi connectivity index (χ3n) is 5.64. The third kappa shape index (κ3) is 5.23. The van der Waals surface area contributed by atoms with E-state index in [4.69, 9.17) is 9.47 Å². The minimum Gasteiger partial charge on any atom is -0.491 e. The van der Waals surface area contributed by atoms with Crippen molar-refractivity contribution in [1.29, 1.82) is 0 Å². The molecule has 2 aromatic heterocycles. The van der Waals surface area contributed by atoms with Crippen molar-refractivity contribution in [2.24, 2.45) is 11.8 Å². The van der Waals surface area contributed by atoms with Crippen molar-refractivity contribution < 1.29 is 27.4 Å². The predicted molar refractivity (Wildman–Crippen MR) is 111 cm³/mol. The number of nitrogens with zero attached hydrogens (tertiary/aromatic N) is 4. The number of amides is 1. The van der Waals surface area contributed by atoms with Crippen molar-refractivity contribution in [2.45, 2.75) is 38.9 Å². The van der Waals surface area contributed by atoms with Gasteiger partial charge in [-0.3, -0.25) is 4.79 Å². The molecule has 7 nitrogen and oxygen atoms in total. The van der Waals surface area contributed by atoms with Gasteiger partial charge in [-0.1, -0.05) is 0 Å². The van der Waals surface area contributed by atoms with Crippen LogP contribution in [0.1, 0.15) is 41.5 Å². The second kappa shape index (κ2) is 9.48. The molecule has 0 aromatic carbocycles. The Morgan fingerprint density at radius 1 is 1.16 bits per heavy atom. The summed E-state index contributed by atoms with van der Waals surface area (Å²) in [4.78, 5) is 26.8. The van der Waals surface area contributed by atoms with Crippen molar-refractivity contribution in [3.8, 4) is 11.8 Å². The lowest BCUT2D eigenvalue weighted by molar-refractivity contribution is -0.138. The Balaban J connectivity index is 0.00000289. The van der Waals surface area contributed by atoms with Gasteiger partial charge < -0.3 is 14.4 Å². The summed E-state index contributed by atoms with van der Waals surface area (Å²) in [7, 11) is 0. The fourth-order valence-electron chi connectivity index (χ4n) is 3.92. The Labute approximate surface area is 189 Å². The van der Waals surface area contributed by atoms with Crippen LogP contribution in [0, 0.1) is 18.8 Å². The van der Waals surface area contributed by atoms with E-state index < -0.39 is 11.7 Å². The van der Waals surface area contributed by atoms with E-state index in [0.29, 0.717) is 48.8 Å². The third-order valence-corrected chi connectivity index (χ3v) is 5.64. The average molecular weight is 473 g/mol. The van der Waals surface area contributed by atoms with Crippen LogP contribution in [0.15, 0.2) is 24.5 Å². The van der Waals surface area contributed by atoms with Crippen LogP contribution in [0.5, 0.6) is 11.8 Å². The summed E-state index contributed by atoms with van der Waals surface area (Å²) >= 11 is 0. The van der Waals surface area contributed by atoms with E-state index in [1.165, 1.54) is 0 Å². The molecule has 3 atom stereocenters. The molecule has 0 spiro atoms. The number of carbonyl (C=O) groups is 1. The molecule has 1 aliphatic heterocycles. The molecule has 2 fully saturated rings. The van der Waals surface area contributed by atoms with Crippen molar-refractivity contribution in [2.75, 3.05) is 19.8 Å². The van der Waals surface area contributed by atoms with Crippen LogP contribution in [-0.4, -0.2) is 51.6 Å². The van der Waals surface area contributed by atoms with Gasteiger partial charge in [-0.15, -0.1) is 12.4 Å². The predicted octanol–water partition coefficient (Wildman–Crippen LogP) is 3.95. The Kier molecular flexibility index (Phi) is 7.12. The smallest absolute Gasteiger partial charge is 0.419 e. The van der Waals surface area contributed by atoms with Crippen molar-refractivity contribution in [1.82, 2.24) is 19.9 Å². The van der Waals surface area contributed by atoms with Gasteiger partial charge in [0.2, 0.25) is 0 Å². The fraction of sp³-hybridized carbons (Fsp3) is 0.524. The van der Waals surface area contributed by atoms with Gasteiger partial charge in [-0.25, -0.2) is 15.0 Å². The van der Waals surface area contributed by atoms with Crippen LogP contribution < -0.4 is 9.47 Å². The van der Waals surface area contributed by atoms with Gasteiger partial charge in [0, 0.05) is 24.6 Å². The van der Waals surface area contributed by atoms with Crippen LogP contribution in [0.3, 0.4) is 0 Å². The molecule has 2 aromatic rings. The number of halogens is 4. The highest BCUT2D eigenvalue weighted by Gasteiger charge is 2.48. The van der Waals surface area contributed by atoms with Gasteiger partial charge in [0.15, 0.2) is 11.4 Å². The maximum atomic E-state index is 13.4. The van der Waals surface area contributed by atoms with Crippen LogP contribution in [0.2, 0.25) is 0 Å². The highest BCUT2D eigenvalue weighted by molar-refractivity contribution is 5.95. The highest BCUT2D eigenvalue weighted by atomic mass is 35.5. The molecule has 11 heteroatoms. The Morgan fingerprint density at radius 2 is 1.88 bits per heavy atom. The first kappa shape index (κ1) is 24.0. The zero-order valence-electron chi connectivity index (χ0n) is 17.6. The topological polar surface area (TPSA) is 77.4 Å². The lowest BCUT2D eigenvalue weighted by Gasteiger charge is -2.35. The van der Waals surface area contributed by atoms with Gasteiger partial charge in [-0.05, 0) is 50.7 Å². The SMILES string of the molecule is CCOc1ccc(C)nc1C(=O)N1C[C@@H]2CC2C[C@H]1COc1ncc(C(F)(F)F)cn1.Cl. The molecule has 1 saturated carbocycles. The largest absolute Gasteiger partial charge is 0.491 e. The quantitative estimate of drug-likeness (QED) is 0.633. The second-order valence-corrected chi connectivity index (χ2v) is 7.90. The van der Waals surface area contributed by atoms with E-state index >= 15 is 0 Å². The number of aromatic nitrogens is 3. The summed E-state index contributed by atoms with van der Waals surface area (Å²) in [6, 6.07) is 3.13. The molecule has 32 heavy (non-hydrogen) atoms. The van der Waals surface area contributed by atoms with Crippen LogP contribution in [0.4, 0.5) is 13.2 Å². The van der Waals surface area contributed by atoms with Gasteiger partial charge in [-0.2, -0.15) is 13.2 Å². The van der Waals surface area contributed by atoms with Crippen molar-refractivity contribution in [3.63, 3.8) is 0 Å². The number of piperidine rings is 1. The fourth-order valence-corrected chi connectivity index (χ4v) is 3.92. The number of hydrogen-bond donors (Lipinski definition) is 0. The normalized spacial score (nSPS) is 21.9. The number of hydrogen-bond acceptors (Lipinski definition) is 6. The van der Waals surface area contributed by atoms with E-state index in [9.17, 15) is 18.0 Å². The number of likely N-dealkylation sites (tertiary alicyclic amines) is 1. The van der Waals surface area contributed by atoms with Crippen molar-refractivity contribution in [3.05, 3.63) is 41.5 Å². The minimum absolute atomic E-state index is 0. The van der Waals surface area contributed by atoms with Crippen molar-refractivity contribution >= 4 is 18.3 Å². The van der Waals surface area contributed by atoms with E-state index in [1.807, 2.05) is 13.8 Å². The molecule has 3 heterocycles. The zero-order valence-corrected chi connectivity index (χ0v) is 18.4. The van der Waals surface area contributed by atoms with Gasteiger partial charge in [0.1, 0.15) is 6.61 Å². The molecule has 0 N–H and O–H groups in total. The average Bonchev–Trinajstić information content (AvgIpc) is 3.50. The highest BCUT2D eigenvalue weighted by Crippen LogP contribution is 2.47. The number of rotatable bonds is 6. The zero-order chi connectivity index (χ0) is 22.2. The van der Waals surface area contributed by atoms with E-state index in [0.717, 1.165) is 12.8 Å². The van der Waals surface area contributed by atoms with E-state index in [1.54, 1.807) is 17.0 Å². The van der Waals surface area contributed by atoms with Crippen LogP contribution >= 0.6 is 12.4 Å². The number of fused-ring (bicyclic) bond motifs is 1. The maximum Gasteiger partial charge on any atom is 0.419 e. The maximum absolute atomic E-state index is 13.4. The second-order valence-electron chi connectivity index (χ2n) is 7.90. The molecule has 1 aliphatic carbocycles. The molecule has 1 saturated heterocycles. The molecule has 1 unspecified atom stereocenters. The molecule has 4 rings (SSSR count). The molecular weight excluding hydrogens is 449 g/mol. The number of pyridine rings is 1.